The molecular weight excluding hydrogens is 188 g/mol. The maximum atomic E-state index is 6.02. The van der Waals surface area contributed by atoms with Crippen LogP contribution in [0.2, 0.25) is 0 Å². The molecule has 1 atom stereocenters. The molecule has 1 rings (SSSR count). The molecule has 0 saturated carbocycles. The van der Waals surface area contributed by atoms with Gasteiger partial charge in [-0.3, -0.25) is 4.90 Å². The van der Waals surface area contributed by atoms with Crippen molar-refractivity contribution in [1.82, 2.24) is 14.5 Å². The van der Waals surface area contributed by atoms with Gasteiger partial charge in [0.25, 0.3) is 0 Å². The molecule has 0 radical (unpaired) electrons. The van der Waals surface area contributed by atoms with Crippen LogP contribution in [0.25, 0.3) is 0 Å². The average Bonchev–Trinajstić information content (AvgIpc) is 2.51. The first-order chi connectivity index (χ1) is 7.00. The summed E-state index contributed by atoms with van der Waals surface area (Å²) in [7, 11) is 4.09. The van der Waals surface area contributed by atoms with E-state index < -0.39 is 0 Å². The van der Waals surface area contributed by atoms with E-state index in [1.807, 2.05) is 24.0 Å². The van der Waals surface area contributed by atoms with E-state index in [4.69, 9.17) is 5.73 Å². The highest BCUT2D eigenvalue weighted by atomic mass is 15.2. The lowest BCUT2D eigenvalue weighted by Gasteiger charge is -2.23. The molecule has 15 heavy (non-hydrogen) atoms. The number of imidazole rings is 1. The minimum absolute atomic E-state index is 0.232. The average molecular weight is 210 g/mol. The van der Waals surface area contributed by atoms with Gasteiger partial charge in [0.1, 0.15) is 5.82 Å². The van der Waals surface area contributed by atoms with Gasteiger partial charge < -0.3 is 10.3 Å². The summed E-state index contributed by atoms with van der Waals surface area (Å²) < 4.78 is 2.04. The third-order valence-corrected chi connectivity index (χ3v) is 2.71. The third-order valence-electron chi connectivity index (χ3n) is 2.71. The molecule has 0 amide bonds. The predicted octanol–water partition coefficient (Wildman–Crippen LogP) is 0.835. The van der Waals surface area contributed by atoms with Crippen molar-refractivity contribution in [3.05, 3.63) is 18.2 Å². The number of rotatable bonds is 5. The van der Waals surface area contributed by atoms with Gasteiger partial charge in [-0.2, -0.15) is 0 Å². The fourth-order valence-corrected chi connectivity index (χ4v) is 1.43. The highest BCUT2D eigenvalue weighted by Crippen LogP contribution is 2.03. The smallest absolute Gasteiger partial charge is 0.122 e. The van der Waals surface area contributed by atoms with E-state index in [0.717, 1.165) is 18.9 Å². The topological polar surface area (TPSA) is 47.1 Å². The third kappa shape index (κ3) is 3.64. The first kappa shape index (κ1) is 12.2. The van der Waals surface area contributed by atoms with Crippen LogP contribution < -0.4 is 5.73 Å². The summed E-state index contributed by atoms with van der Waals surface area (Å²) >= 11 is 0. The monoisotopic (exact) mass is 210 g/mol. The second-order valence-corrected chi connectivity index (χ2v) is 4.56. The Hall–Kier alpha value is -0.870. The number of nitrogens with zero attached hydrogens (tertiary/aromatic N) is 3. The van der Waals surface area contributed by atoms with E-state index in [0.29, 0.717) is 5.92 Å². The first-order valence-electron chi connectivity index (χ1n) is 5.41. The lowest BCUT2D eigenvalue weighted by molar-refractivity contribution is 0.269. The molecule has 0 aromatic carbocycles. The van der Waals surface area contributed by atoms with Crippen molar-refractivity contribution in [2.45, 2.75) is 26.4 Å². The molecule has 1 aromatic rings. The zero-order valence-electron chi connectivity index (χ0n) is 10.1. The van der Waals surface area contributed by atoms with Crippen molar-refractivity contribution in [3.8, 4) is 0 Å². The maximum absolute atomic E-state index is 6.02. The van der Waals surface area contributed by atoms with Crippen LogP contribution in [0.1, 0.15) is 19.7 Å². The second-order valence-electron chi connectivity index (χ2n) is 4.56. The summed E-state index contributed by atoms with van der Waals surface area (Å²) in [6.45, 7) is 6.06. The lowest BCUT2D eigenvalue weighted by Crippen LogP contribution is -2.38. The fourth-order valence-electron chi connectivity index (χ4n) is 1.43. The molecular formula is C11H22N4. The second kappa shape index (κ2) is 5.28. The number of aromatic nitrogens is 2. The Morgan fingerprint density at radius 1 is 1.53 bits per heavy atom. The molecule has 4 nitrogen and oxygen atoms in total. The van der Waals surface area contributed by atoms with Crippen LogP contribution in [0.15, 0.2) is 12.4 Å². The molecule has 4 heteroatoms. The molecule has 1 unspecified atom stereocenters. The van der Waals surface area contributed by atoms with Crippen LogP contribution in [-0.4, -0.2) is 34.1 Å². The SMILES string of the molecule is CC(C)C(N)CN(C)Cc1nccn1C. The number of likely N-dealkylation sites (N-methyl/N-ethyl adjacent to an activating group) is 1. The van der Waals surface area contributed by atoms with Crippen molar-refractivity contribution >= 4 is 0 Å². The zero-order chi connectivity index (χ0) is 11.4. The van der Waals surface area contributed by atoms with Crippen LogP contribution in [-0.2, 0) is 13.6 Å². The minimum Gasteiger partial charge on any atom is -0.337 e. The van der Waals surface area contributed by atoms with Crippen LogP contribution in [0, 0.1) is 5.92 Å². The van der Waals surface area contributed by atoms with Crippen molar-refractivity contribution in [2.24, 2.45) is 18.7 Å². The van der Waals surface area contributed by atoms with Crippen LogP contribution in [0.3, 0.4) is 0 Å². The minimum atomic E-state index is 0.232. The maximum Gasteiger partial charge on any atom is 0.122 e. The van der Waals surface area contributed by atoms with Gasteiger partial charge in [-0.15, -0.1) is 0 Å². The van der Waals surface area contributed by atoms with Crippen molar-refractivity contribution in [2.75, 3.05) is 13.6 Å². The largest absolute Gasteiger partial charge is 0.337 e. The fraction of sp³-hybridized carbons (Fsp3) is 0.727. The molecule has 0 aliphatic rings. The van der Waals surface area contributed by atoms with E-state index in [1.165, 1.54) is 0 Å². The molecule has 86 valence electrons. The summed E-state index contributed by atoms with van der Waals surface area (Å²) in [5.41, 5.74) is 6.02. The van der Waals surface area contributed by atoms with Crippen molar-refractivity contribution in [3.63, 3.8) is 0 Å². The molecule has 1 aromatic heterocycles. The quantitative estimate of drug-likeness (QED) is 0.783. The van der Waals surface area contributed by atoms with Gasteiger partial charge >= 0.3 is 0 Å². The number of hydrogen-bond donors (Lipinski definition) is 1. The summed E-state index contributed by atoms with van der Waals surface area (Å²) in [4.78, 5) is 6.50. The summed E-state index contributed by atoms with van der Waals surface area (Å²) in [5, 5.41) is 0. The zero-order valence-corrected chi connectivity index (χ0v) is 10.1. The van der Waals surface area contributed by atoms with Gasteiger partial charge in [-0.05, 0) is 13.0 Å². The van der Waals surface area contributed by atoms with Gasteiger partial charge in [0.2, 0.25) is 0 Å². The van der Waals surface area contributed by atoms with Gasteiger partial charge in [-0.1, -0.05) is 13.8 Å². The normalized spacial score (nSPS) is 13.8. The highest BCUT2D eigenvalue weighted by molar-refractivity contribution is 4.90. The Morgan fingerprint density at radius 2 is 2.20 bits per heavy atom. The summed E-state index contributed by atoms with van der Waals surface area (Å²) in [6, 6.07) is 0.232. The predicted molar refractivity (Wildman–Crippen MR) is 62.4 cm³/mol. The Balaban J connectivity index is 2.43. The Bertz CT molecular complexity index is 293. The van der Waals surface area contributed by atoms with Crippen LogP contribution >= 0.6 is 0 Å². The Kier molecular flexibility index (Phi) is 4.29. The van der Waals surface area contributed by atoms with Crippen LogP contribution in [0.4, 0.5) is 0 Å². The lowest BCUT2D eigenvalue weighted by atomic mass is 10.1. The van der Waals surface area contributed by atoms with E-state index in [1.54, 1.807) is 0 Å². The summed E-state index contributed by atoms with van der Waals surface area (Å²) in [6.07, 6.45) is 3.79. The van der Waals surface area contributed by atoms with Crippen molar-refractivity contribution in [1.29, 1.82) is 0 Å². The molecule has 0 bridgehead atoms. The molecule has 0 aliphatic heterocycles. The van der Waals surface area contributed by atoms with Crippen LogP contribution in [0.5, 0.6) is 0 Å². The summed E-state index contributed by atoms with van der Waals surface area (Å²) in [5.74, 6) is 1.60. The Morgan fingerprint density at radius 3 is 2.67 bits per heavy atom. The standard InChI is InChI=1S/C11H22N4/c1-9(2)10(12)7-14(3)8-11-13-5-6-15(11)4/h5-6,9-10H,7-8,12H2,1-4H3. The number of hydrogen-bond acceptors (Lipinski definition) is 3. The Labute approximate surface area is 92.1 Å². The number of aryl methyl sites for hydroxylation is 1. The molecule has 0 spiro atoms. The molecule has 2 N–H and O–H groups in total. The molecule has 1 heterocycles. The van der Waals surface area contributed by atoms with Crippen molar-refractivity contribution < 1.29 is 0 Å². The van der Waals surface area contributed by atoms with Gasteiger partial charge in [0.15, 0.2) is 0 Å². The molecule has 0 aliphatic carbocycles. The van der Waals surface area contributed by atoms with Gasteiger partial charge in [0, 0.05) is 32.0 Å². The van der Waals surface area contributed by atoms with E-state index in [9.17, 15) is 0 Å². The van der Waals surface area contributed by atoms with Gasteiger partial charge in [-0.25, -0.2) is 4.98 Å². The van der Waals surface area contributed by atoms with E-state index in [-0.39, 0.29) is 6.04 Å². The van der Waals surface area contributed by atoms with E-state index in [2.05, 4.69) is 30.8 Å². The molecule has 0 saturated heterocycles. The van der Waals surface area contributed by atoms with E-state index >= 15 is 0 Å². The first-order valence-corrected chi connectivity index (χ1v) is 5.41. The highest BCUT2D eigenvalue weighted by Gasteiger charge is 2.11. The molecule has 0 fully saturated rings. The number of nitrogens with two attached hydrogens (primary N) is 1. The van der Waals surface area contributed by atoms with Gasteiger partial charge in [0.05, 0.1) is 6.54 Å².